The van der Waals surface area contributed by atoms with Crippen molar-refractivity contribution in [2.75, 3.05) is 0 Å². The maximum absolute atomic E-state index is 4.96. The van der Waals surface area contributed by atoms with Crippen molar-refractivity contribution in [1.82, 2.24) is 15.0 Å². The van der Waals surface area contributed by atoms with E-state index in [2.05, 4.69) is 94.8 Å². The van der Waals surface area contributed by atoms with Crippen molar-refractivity contribution in [2.24, 2.45) is 0 Å². The Labute approximate surface area is 224 Å². The van der Waals surface area contributed by atoms with Crippen molar-refractivity contribution in [3.63, 3.8) is 0 Å². The number of benzene rings is 5. The lowest BCUT2D eigenvalue weighted by atomic mass is 10.0. The fourth-order valence-corrected chi connectivity index (χ4v) is 4.72. The van der Waals surface area contributed by atoms with Crippen LogP contribution in [-0.2, 0) is 0 Å². The number of nitrogens with zero attached hydrogens (tertiary/aromatic N) is 3. The molecule has 6 aromatic rings. The van der Waals surface area contributed by atoms with Crippen molar-refractivity contribution in [1.29, 1.82) is 0 Å². The van der Waals surface area contributed by atoms with Crippen LogP contribution < -0.4 is 0 Å². The van der Waals surface area contributed by atoms with Crippen molar-refractivity contribution >= 4 is 15.9 Å². The zero-order valence-corrected chi connectivity index (χ0v) is 21.5. The van der Waals surface area contributed by atoms with Crippen molar-refractivity contribution in [2.45, 2.75) is 0 Å². The smallest absolute Gasteiger partial charge is 0.164 e. The molecule has 0 fully saturated rings. The summed E-state index contributed by atoms with van der Waals surface area (Å²) in [6.07, 6.45) is 0. The van der Waals surface area contributed by atoms with Gasteiger partial charge in [-0.05, 0) is 46.5 Å². The van der Waals surface area contributed by atoms with E-state index >= 15 is 0 Å². The predicted molar refractivity (Wildman–Crippen MR) is 155 cm³/mol. The molecule has 0 saturated heterocycles. The average Bonchev–Trinajstić information content (AvgIpc) is 2.98. The molecule has 6 rings (SSSR count). The Bertz CT molecular complexity index is 1680. The molecule has 0 spiro atoms. The molecular formula is C33H22BrN3. The Morgan fingerprint density at radius 3 is 1.24 bits per heavy atom. The normalized spacial score (nSPS) is 10.8. The Kier molecular flexibility index (Phi) is 6.40. The van der Waals surface area contributed by atoms with Crippen LogP contribution in [0, 0.1) is 0 Å². The zero-order chi connectivity index (χ0) is 25.0. The van der Waals surface area contributed by atoms with E-state index in [9.17, 15) is 0 Å². The number of rotatable bonds is 5. The second-order valence-electron chi connectivity index (χ2n) is 8.71. The first kappa shape index (κ1) is 23.0. The minimum absolute atomic E-state index is 0.644. The molecule has 4 heteroatoms. The molecule has 0 atom stereocenters. The summed E-state index contributed by atoms with van der Waals surface area (Å²) in [5.74, 6) is 1.94. The first-order valence-corrected chi connectivity index (χ1v) is 12.9. The summed E-state index contributed by atoms with van der Waals surface area (Å²) in [4.78, 5) is 14.8. The lowest BCUT2D eigenvalue weighted by molar-refractivity contribution is 1.07. The van der Waals surface area contributed by atoms with Crippen LogP contribution in [0.2, 0.25) is 0 Å². The van der Waals surface area contributed by atoms with Crippen LogP contribution in [0.25, 0.3) is 56.4 Å². The third-order valence-electron chi connectivity index (χ3n) is 6.17. The average molecular weight is 540 g/mol. The fraction of sp³-hybridized carbons (Fsp3) is 0. The van der Waals surface area contributed by atoms with Gasteiger partial charge >= 0.3 is 0 Å². The summed E-state index contributed by atoms with van der Waals surface area (Å²) in [7, 11) is 0. The van der Waals surface area contributed by atoms with Gasteiger partial charge in [0.15, 0.2) is 17.5 Å². The van der Waals surface area contributed by atoms with Crippen molar-refractivity contribution in [3.05, 3.63) is 138 Å². The van der Waals surface area contributed by atoms with E-state index in [0.717, 1.165) is 43.4 Å². The molecule has 5 aromatic carbocycles. The second kappa shape index (κ2) is 10.3. The standard InChI is InChI=1S/C33H22BrN3/c34-30-19-9-16-27(22-30)26-15-8-18-29(21-26)33-36-31(24-12-5-2-6-13-24)35-32(37-33)28-17-7-14-25(20-28)23-10-3-1-4-11-23/h1-22H. The topological polar surface area (TPSA) is 38.7 Å². The van der Waals surface area contributed by atoms with E-state index in [-0.39, 0.29) is 0 Å². The van der Waals surface area contributed by atoms with Gasteiger partial charge in [0.2, 0.25) is 0 Å². The molecule has 0 aliphatic rings. The number of halogens is 1. The first-order valence-electron chi connectivity index (χ1n) is 12.1. The molecule has 0 saturated carbocycles. The number of hydrogen-bond donors (Lipinski definition) is 0. The Morgan fingerprint density at radius 2 is 0.703 bits per heavy atom. The fourth-order valence-electron chi connectivity index (χ4n) is 4.32. The Morgan fingerprint density at radius 1 is 0.324 bits per heavy atom. The molecule has 1 aromatic heterocycles. The van der Waals surface area contributed by atoms with E-state index in [1.807, 2.05) is 54.6 Å². The van der Waals surface area contributed by atoms with Gasteiger partial charge < -0.3 is 0 Å². The maximum atomic E-state index is 4.96. The summed E-state index contributed by atoms with van der Waals surface area (Å²) in [5, 5.41) is 0. The van der Waals surface area contributed by atoms with Crippen LogP contribution in [-0.4, -0.2) is 15.0 Å². The Balaban J connectivity index is 1.49. The molecule has 0 aliphatic carbocycles. The van der Waals surface area contributed by atoms with Gasteiger partial charge in [-0.3, -0.25) is 0 Å². The largest absolute Gasteiger partial charge is 0.208 e. The lowest BCUT2D eigenvalue weighted by Crippen LogP contribution is -2.00. The third-order valence-corrected chi connectivity index (χ3v) is 6.67. The highest BCUT2D eigenvalue weighted by Gasteiger charge is 2.13. The molecule has 0 amide bonds. The van der Waals surface area contributed by atoms with Crippen LogP contribution in [0.1, 0.15) is 0 Å². The second-order valence-corrected chi connectivity index (χ2v) is 9.63. The van der Waals surface area contributed by atoms with Gasteiger partial charge in [-0.2, -0.15) is 0 Å². The highest BCUT2D eigenvalue weighted by molar-refractivity contribution is 9.10. The SMILES string of the molecule is Brc1cccc(-c2cccc(-c3nc(-c4ccccc4)nc(-c4cccc(-c5ccccc5)c4)n3)c2)c1. The van der Waals surface area contributed by atoms with E-state index in [1.165, 1.54) is 0 Å². The molecule has 0 bridgehead atoms. The molecule has 176 valence electrons. The van der Waals surface area contributed by atoms with Crippen LogP contribution in [0.5, 0.6) is 0 Å². The summed E-state index contributed by atoms with van der Waals surface area (Å²) in [6.45, 7) is 0. The first-order chi connectivity index (χ1) is 18.2. The van der Waals surface area contributed by atoms with Crippen LogP contribution >= 0.6 is 15.9 Å². The van der Waals surface area contributed by atoms with Gasteiger partial charge in [0.1, 0.15) is 0 Å². The zero-order valence-electron chi connectivity index (χ0n) is 19.9. The Hall–Kier alpha value is -4.41. The maximum Gasteiger partial charge on any atom is 0.164 e. The lowest BCUT2D eigenvalue weighted by Gasteiger charge is -2.10. The molecule has 0 radical (unpaired) electrons. The summed E-state index contributed by atoms with van der Waals surface area (Å²) >= 11 is 3.58. The van der Waals surface area contributed by atoms with Gasteiger partial charge in [0, 0.05) is 21.2 Å². The van der Waals surface area contributed by atoms with Gasteiger partial charge in [-0.15, -0.1) is 0 Å². The van der Waals surface area contributed by atoms with Crippen molar-refractivity contribution in [3.8, 4) is 56.4 Å². The van der Waals surface area contributed by atoms with E-state index in [4.69, 9.17) is 15.0 Å². The van der Waals surface area contributed by atoms with Gasteiger partial charge in [-0.1, -0.05) is 125 Å². The number of hydrogen-bond acceptors (Lipinski definition) is 3. The minimum atomic E-state index is 0.644. The van der Waals surface area contributed by atoms with E-state index in [0.29, 0.717) is 17.5 Å². The third kappa shape index (κ3) is 5.11. The highest BCUT2D eigenvalue weighted by atomic mass is 79.9. The molecular weight excluding hydrogens is 518 g/mol. The minimum Gasteiger partial charge on any atom is -0.208 e. The summed E-state index contributed by atoms with van der Waals surface area (Å²) in [6, 6.07) is 45.4. The van der Waals surface area contributed by atoms with Gasteiger partial charge in [0.05, 0.1) is 0 Å². The molecule has 3 nitrogen and oxygen atoms in total. The number of aromatic nitrogens is 3. The van der Waals surface area contributed by atoms with E-state index in [1.54, 1.807) is 0 Å². The van der Waals surface area contributed by atoms with E-state index < -0.39 is 0 Å². The van der Waals surface area contributed by atoms with Gasteiger partial charge in [-0.25, -0.2) is 15.0 Å². The monoisotopic (exact) mass is 539 g/mol. The quantitative estimate of drug-likeness (QED) is 0.219. The summed E-state index contributed by atoms with van der Waals surface area (Å²) < 4.78 is 1.04. The van der Waals surface area contributed by atoms with Crippen LogP contribution in [0.15, 0.2) is 138 Å². The van der Waals surface area contributed by atoms with Crippen LogP contribution in [0.3, 0.4) is 0 Å². The predicted octanol–water partition coefficient (Wildman–Crippen LogP) is 8.97. The van der Waals surface area contributed by atoms with Crippen molar-refractivity contribution < 1.29 is 0 Å². The molecule has 0 unspecified atom stereocenters. The summed E-state index contributed by atoms with van der Waals surface area (Å²) in [5.41, 5.74) is 7.36. The van der Waals surface area contributed by atoms with Gasteiger partial charge in [0.25, 0.3) is 0 Å². The molecule has 0 aliphatic heterocycles. The molecule has 1 heterocycles. The van der Waals surface area contributed by atoms with Crippen LogP contribution in [0.4, 0.5) is 0 Å². The highest BCUT2D eigenvalue weighted by Crippen LogP contribution is 2.30. The molecule has 37 heavy (non-hydrogen) atoms. The molecule has 0 N–H and O–H groups in total.